The van der Waals surface area contributed by atoms with Gasteiger partial charge in [-0.15, -0.1) is 21.5 Å². The van der Waals surface area contributed by atoms with Crippen molar-refractivity contribution in [3.05, 3.63) is 52.2 Å². The van der Waals surface area contributed by atoms with Gasteiger partial charge in [0, 0.05) is 5.56 Å². The number of thiophene rings is 1. The fourth-order valence-electron chi connectivity index (χ4n) is 1.80. The predicted molar refractivity (Wildman–Crippen MR) is 83.8 cm³/mol. The molecule has 106 valence electrons. The van der Waals surface area contributed by atoms with E-state index in [1.54, 1.807) is 0 Å². The van der Waals surface area contributed by atoms with E-state index in [1.807, 2.05) is 48.7 Å². The molecule has 2 heterocycles. The Morgan fingerprint density at radius 1 is 1.29 bits per heavy atom. The van der Waals surface area contributed by atoms with Crippen molar-refractivity contribution < 1.29 is 9.21 Å². The highest BCUT2D eigenvalue weighted by Gasteiger charge is 2.12. The Kier molecular flexibility index (Phi) is 4.17. The van der Waals surface area contributed by atoms with E-state index < -0.39 is 0 Å². The molecule has 4 nitrogen and oxygen atoms in total. The molecule has 1 aromatic carbocycles. The number of Topliss-reactive ketones (excluding diaryl/α,β-unsaturated/α-hetero) is 1. The number of ketones is 1. The molecule has 0 radical (unpaired) electrons. The van der Waals surface area contributed by atoms with E-state index >= 15 is 0 Å². The number of aromatic nitrogens is 2. The van der Waals surface area contributed by atoms with E-state index in [2.05, 4.69) is 10.2 Å². The third-order valence-corrected chi connectivity index (χ3v) is 4.52. The second-order valence-corrected chi connectivity index (χ2v) is 6.31. The lowest BCUT2D eigenvalue weighted by atomic mass is 10.1. The van der Waals surface area contributed by atoms with E-state index in [0.29, 0.717) is 16.9 Å². The van der Waals surface area contributed by atoms with Gasteiger partial charge >= 0.3 is 0 Å². The second-order valence-electron chi connectivity index (χ2n) is 4.43. The first-order valence-electron chi connectivity index (χ1n) is 6.32. The normalized spacial score (nSPS) is 10.7. The number of hydrogen-bond donors (Lipinski definition) is 0. The number of benzene rings is 1. The molecule has 0 atom stereocenters. The van der Waals surface area contributed by atoms with Crippen molar-refractivity contribution in [1.82, 2.24) is 10.2 Å². The summed E-state index contributed by atoms with van der Waals surface area (Å²) in [5.41, 5.74) is 2.02. The summed E-state index contributed by atoms with van der Waals surface area (Å²) >= 11 is 2.70. The van der Waals surface area contributed by atoms with Gasteiger partial charge in [0.2, 0.25) is 5.89 Å². The summed E-state index contributed by atoms with van der Waals surface area (Å²) in [4.78, 5) is 12.7. The molecule has 3 rings (SSSR count). The van der Waals surface area contributed by atoms with Crippen LogP contribution >= 0.6 is 23.1 Å². The van der Waals surface area contributed by atoms with Crippen LogP contribution in [0.4, 0.5) is 0 Å². The molecular formula is C15H12N2O2S2. The molecule has 0 spiro atoms. The van der Waals surface area contributed by atoms with Crippen molar-refractivity contribution in [3.8, 4) is 11.5 Å². The minimum atomic E-state index is 0.0744. The molecule has 6 heteroatoms. The molecular weight excluding hydrogens is 304 g/mol. The minimum absolute atomic E-state index is 0.0744. The van der Waals surface area contributed by atoms with Gasteiger partial charge in [-0.2, -0.15) is 0 Å². The van der Waals surface area contributed by atoms with Crippen LogP contribution in [-0.4, -0.2) is 21.7 Å². The van der Waals surface area contributed by atoms with E-state index in [1.165, 1.54) is 23.1 Å². The van der Waals surface area contributed by atoms with Crippen molar-refractivity contribution >= 4 is 28.9 Å². The highest BCUT2D eigenvalue weighted by Crippen LogP contribution is 2.24. The summed E-state index contributed by atoms with van der Waals surface area (Å²) < 4.78 is 5.58. The topological polar surface area (TPSA) is 56.0 Å². The van der Waals surface area contributed by atoms with Crippen molar-refractivity contribution in [2.45, 2.75) is 12.1 Å². The Morgan fingerprint density at radius 3 is 2.95 bits per heavy atom. The fourth-order valence-corrected chi connectivity index (χ4v) is 3.20. The number of thioether (sulfide) groups is 1. The van der Waals surface area contributed by atoms with E-state index in [4.69, 9.17) is 4.42 Å². The van der Waals surface area contributed by atoms with Crippen LogP contribution in [0.2, 0.25) is 0 Å². The summed E-state index contributed by atoms with van der Waals surface area (Å²) in [5.74, 6) is 0.853. The standard InChI is InChI=1S/C15H12N2O2S2/c1-10-4-2-5-11(8-10)14-16-17-15(19-14)21-9-12(18)13-6-3-7-20-13/h2-8H,9H2,1H3. The van der Waals surface area contributed by atoms with Gasteiger partial charge in [-0.1, -0.05) is 35.5 Å². The van der Waals surface area contributed by atoms with Crippen LogP contribution in [0.15, 0.2) is 51.4 Å². The quantitative estimate of drug-likeness (QED) is 0.524. The largest absolute Gasteiger partial charge is 0.411 e. The van der Waals surface area contributed by atoms with Crippen LogP contribution in [0.3, 0.4) is 0 Å². The molecule has 0 amide bonds. The Hall–Kier alpha value is -1.92. The van der Waals surface area contributed by atoms with E-state index in [9.17, 15) is 4.79 Å². The third kappa shape index (κ3) is 3.40. The van der Waals surface area contributed by atoms with Gasteiger partial charge < -0.3 is 4.42 Å². The van der Waals surface area contributed by atoms with Gasteiger partial charge in [0.05, 0.1) is 10.6 Å². The van der Waals surface area contributed by atoms with Gasteiger partial charge in [0.25, 0.3) is 5.22 Å². The van der Waals surface area contributed by atoms with Crippen molar-refractivity contribution in [3.63, 3.8) is 0 Å². The molecule has 0 N–H and O–H groups in total. The zero-order chi connectivity index (χ0) is 14.7. The molecule has 0 fully saturated rings. The maximum absolute atomic E-state index is 11.9. The first-order valence-corrected chi connectivity index (χ1v) is 8.19. The lowest BCUT2D eigenvalue weighted by Gasteiger charge is -1.96. The smallest absolute Gasteiger partial charge is 0.277 e. The van der Waals surface area contributed by atoms with Gasteiger partial charge in [0.15, 0.2) is 5.78 Å². The molecule has 0 unspecified atom stereocenters. The zero-order valence-corrected chi connectivity index (χ0v) is 12.9. The van der Waals surface area contributed by atoms with Crippen molar-refractivity contribution in [1.29, 1.82) is 0 Å². The van der Waals surface area contributed by atoms with Crippen LogP contribution in [-0.2, 0) is 0 Å². The lowest BCUT2D eigenvalue weighted by Crippen LogP contribution is -1.98. The Morgan fingerprint density at radius 2 is 2.19 bits per heavy atom. The Bertz CT molecular complexity index is 751. The number of carbonyl (C=O) groups is 1. The first-order chi connectivity index (χ1) is 10.2. The van der Waals surface area contributed by atoms with Crippen LogP contribution in [0.5, 0.6) is 0 Å². The zero-order valence-electron chi connectivity index (χ0n) is 11.3. The summed E-state index contributed by atoms with van der Waals surface area (Å²) in [7, 11) is 0. The molecule has 0 bridgehead atoms. The molecule has 0 saturated heterocycles. The molecule has 0 aliphatic carbocycles. The molecule has 21 heavy (non-hydrogen) atoms. The maximum atomic E-state index is 11.9. The van der Waals surface area contributed by atoms with Gasteiger partial charge in [-0.25, -0.2) is 0 Å². The van der Waals surface area contributed by atoms with E-state index in [0.717, 1.165) is 16.0 Å². The molecule has 3 aromatic rings. The van der Waals surface area contributed by atoms with Gasteiger partial charge in [0.1, 0.15) is 0 Å². The summed E-state index contributed by atoms with van der Waals surface area (Å²) in [5, 5.41) is 10.3. The average molecular weight is 316 g/mol. The molecule has 0 aliphatic heterocycles. The Balaban J connectivity index is 1.67. The Labute approximate surface area is 130 Å². The highest BCUT2D eigenvalue weighted by molar-refractivity contribution is 7.99. The predicted octanol–water partition coefficient (Wildman–Crippen LogP) is 4.08. The van der Waals surface area contributed by atoms with Crippen molar-refractivity contribution in [2.75, 3.05) is 5.75 Å². The summed E-state index contributed by atoms with van der Waals surface area (Å²) in [6, 6.07) is 11.5. The number of nitrogens with zero attached hydrogens (tertiary/aromatic N) is 2. The lowest BCUT2D eigenvalue weighted by molar-refractivity contribution is 0.102. The fraction of sp³-hybridized carbons (Fsp3) is 0.133. The SMILES string of the molecule is Cc1cccc(-c2nnc(SCC(=O)c3cccs3)o2)c1. The number of rotatable bonds is 5. The van der Waals surface area contributed by atoms with E-state index in [-0.39, 0.29) is 5.78 Å². The van der Waals surface area contributed by atoms with Crippen LogP contribution in [0.25, 0.3) is 11.5 Å². The van der Waals surface area contributed by atoms with Crippen LogP contribution < -0.4 is 0 Å². The third-order valence-electron chi connectivity index (χ3n) is 2.79. The molecule has 0 aliphatic rings. The summed E-state index contributed by atoms with van der Waals surface area (Å²) in [6.07, 6.45) is 0. The molecule has 2 aromatic heterocycles. The van der Waals surface area contributed by atoms with Gasteiger partial charge in [-0.3, -0.25) is 4.79 Å². The maximum Gasteiger partial charge on any atom is 0.277 e. The van der Waals surface area contributed by atoms with Crippen LogP contribution in [0, 0.1) is 6.92 Å². The highest BCUT2D eigenvalue weighted by atomic mass is 32.2. The average Bonchev–Trinajstić information content (AvgIpc) is 3.16. The summed E-state index contributed by atoms with van der Waals surface area (Å²) in [6.45, 7) is 2.01. The first kappa shape index (κ1) is 14.0. The number of aryl methyl sites for hydroxylation is 1. The second kappa shape index (κ2) is 6.24. The number of carbonyl (C=O) groups excluding carboxylic acids is 1. The number of hydrogen-bond acceptors (Lipinski definition) is 6. The van der Waals surface area contributed by atoms with Gasteiger partial charge in [-0.05, 0) is 30.5 Å². The monoisotopic (exact) mass is 316 g/mol. The molecule has 0 saturated carbocycles. The van der Waals surface area contributed by atoms with Crippen molar-refractivity contribution in [2.24, 2.45) is 0 Å². The van der Waals surface area contributed by atoms with Crippen LogP contribution in [0.1, 0.15) is 15.2 Å². The minimum Gasteiger partial charge on any atom is -0.411 e.